The average Bonchev–Trinajstić information content (AvgIpc) is 3.11. The van der Waals surface area contributed by atoms with Gasteiger partial charge in [0.25, 0.3) is 0 Å². The molecule has 30 heavy (non-hydrogen) atoms. The zero-order chi connectivity index (χ0) is 21.1. The number of carbonyl (C=O) groups excluding carboxylic acids is 2. The van der Waals surface area contributed by atoms with Gasteiger partial charge in [-0.05, 0) is 66.2 Å². The fourth-order valence-corrected chi connectivity index (χ4v) is 4.53. The van der Waals surface area contributed by atoms with Crippen LogP contribution in [-0.4, -0.2) is 17.6 Å². The van der Waals surface area contributed by atoms with E-state index in [-0.39, 0.29) is 17.2 Å². The van der Waals surface area contributed by atoms with Crippen molar-refractivity contribution in [1.29, 1.82) is 0 Å². The van der Waals surface area contributed by atoms with Crippen LogP contribution in [0.2, 0.25) is 5.02 Å². The smallest absolute Gasteiger partial charge is 0.238 e. The fraction of sp³-hybridized carbons (Fsp3) is 0.130. The van der Waals surface area contributed by atoms with Gasteiger partial charge in [0.1, 0.15) is 16.9 Å². The van der Waals surface area contributed by atoms with Crippen LogP contribution in [-0.2, 0) is 9.59 Å². The van der Waals surface area contributed by atoms with Crippen LogP contribution in [0.3, 0.4) is 0 Å². The summed E-state index contributed by atoms with van der Waals surface area (Å²) in [5.41, 5.74) is 2.47. The summed E-state index contributed by atoms with van der Waals surface area (Å²) >= 11 is 7.47. The third-order valence-electron chi connectivity index (χ3n) is 4.52. The average molecular weight is 439 g/mol. The Morgan fingerprint density at radius 3 is 2.40 bits per heavy atom. The lowest BCUT2D eigenvalue weighted by molar-refractivity contribution is -0.116. The molecule has 0 radical (unpaired) electrons. The topological polar surface area (TPSA) is 58.6 Å². The predicted octanol–water partition coefficient (Wildman–Crippen LogP) is 5.87. The fourth-order valence-electron chi connectivity index (χ4n) is 3.24. The number of rotatable bonds is 5. The third-order valence-corrected chi connectivity index (χ3v) is 5.99. The molecule has 1 N–H and O–H groups in total. The number of benzene rings is 3. The van der Waals surface area contributed by atoms with Gasteiger partial charge in [0, 0.05) is 23.3 Å². The predicted molar refractivity (Wildman–Crippen MR) is 121 cm³/mol. The van der Waals surface area contributed by atoms with E-state index in [4.69, 9.17) is 16.3 Å². The van der Waals surface area contributed by atoms with E-state index in [1.807, 2.05) is 48.5 Å². The van der Waals surface area contributed by atoms with Crippen LogP contribution in [0.4, 0.5) is 11.4 Å². The molecule has 0 aliphatic carbocycles. The standard InChI is InChI=1S/C23H19ClN2O3S/c1-15(27)25-18-4-2-3-16(13-18)23-26(22(28)14-30-23)19-7-11-21(12-8-19)29-20-9-5-17(24)6-10-20/h2-13,23H,14H2,1H3,(H,25,27). The second kappa shape index (κ2) is 8.81. The molecule has 1 unspecified atom stereocenters. The van der Waals surface area contributed by atoms with Crippen LogP contribution in [0.15, 0.2) is 72.8 Å². The number of nitrogens with zero attached hydrogens (tertiary/aromatic N) is 1. The molecular formula is C23H19ClN2O3S. The largest absolute Gasteiger partial charge is 0.457 e. The quantitative estimate of drug-likeness (QED) is 0.541. The van der Waals surface area contributed by atoms with Crippen molar-refractivity contribution in [2.45, 2.75) is 12.3 Å². The van der Waals surface area contributed by atoms with Gasteiger partial charge < -0.3 is 10.1 Å². The van der Waals surface area contributed by atoms with Crippen LogP contribution in [0.25, 0.3) is 0 Å². The van der Waals surface area contributed by atoms with Gasteiger partial charge in [0.15, 0.2) is 0 Å². The highest BCUT2D eigenvalue weighted by Crippen LogP contribution is 2.42. The number of ether oxygens (including phenoxy) is 1. The van der Waals surface area contributed by atoms with Crippen LogP contribution >= 0.6 is 23.4 Å². The highest BCUT2D eigenvalue weighted by molar-refractivity contribution is 8.00. The number of hydrogen-bond donors (Lipinski definition) is 1. The molecule has 0 spiro atoms. The SMILES string of the molecule is CC(=O)Nc1cccc(C2SCC(=O)N2c2ccc(Oc3ccc(Cl)cc3)cc2)c1. The van der Waals surface area contributed by atoms with Crippen molar-refractivity contribution in [3.63, 3.8) is 0 Å². The second-order valence-corrected chi connectivity index (χ2v) is 8.29. The maximum atomic E-state index is 12.6. The molecule has 1 saturated heterocycles. The zero-order valence-electron chi connectivity index (χ0n) is 16.2. The summed E-state index contributed by atoms with van der Waals surface area (Å²) in [6.45, 7) is 1.47. The van der Waals surface area contributed by atoms with E-state index >= 15 is 0 Å². The van der Waals surface area contributed by atoms with Crippen LogP contribution in [0.5, 0.6) is 11.5 Å². The third kappa shape index (κ3) is 4.61. The summed E-state index contributed by atoms with van der Waals surface area (Å²) in [6.07, 6.45) is 0. The highest BCUT2D eigenvalue weighted by Gasteiger charge is 2.34. The molecule has 1 fully saturated rings. The van der Waals surface area contributed by atoms with Crippen molar-refractivity contribution in [3.05, 3.63) is 83.4 Å². The Morgan fingerprint density at radius 1 is 1.07 bits per heavy atom. The molecule has 3 aromatic rings. The monoisotopic (exact) mass is 438 g/mol. The van der Waals surface area contributed by atoms with Crippen molar-refractivity contribution in [1.82, 2.24) is 0 Å². The molecule has 1 aliphatic rings. The Kier molecular flexibility index (Phi) is 5.97. The van der Waals surface area contributed by atoms with Crippen molar-refractivity contribution < 1.29 is 14.3 Å². The molecule has 0 aromatic heterocycles. The van der Waals surface area contributed by atoms with Crippen molar-refractivity contribution in [3.8, 4) is 11.5 Å². The van der Waals surface area contributed by atoms with Gasteiger partial charge in [-0.3, -0.25) is 14.5 Å². The second-order valence-electron chi connectivity index (χ2n) is 6.78. The van der Waals surface area contributed by atoms with Crippen molar-refractivity contribution >= 4 is 46.6 Å². The molecule has 5 nitrogen and oxygen atoms in total. The van der Waals surface area contributed by atoms with Gasteiger partial charge in [-0.15, -0.1) is 11.8 Å². The number of carbonyl (C=O) groups is 2. The summed E-state index contributed by atoms with van der Waals surface area (Å²) in [7, 11) is 0. The molecule has 1 aliphatic heterocycles. The normalized spacial score (nSPS) is 15.9. The minimum Gasteiger partial charge on any atom is -0.457 e. The molecule has 1 atom stereocenters. The lowest BCUT2D eigenvalue weighted by Crippen LogP contribution is -2.27. The minimum absolute atomic E-state index is 0.0429. The maximum Gasteiger partial charge on any atom is 0.238 e. The van der Waals surface area contributed by atoms with Crippen molar-refractivity contribution in [2.24, 2.45) is 0 Å². The van der Waals surface area contributed by atoms with E-state index in [1.165, 1.54) is 6.92 Å². The van der Waals surface area contributed by atoms with E-state index in [0.717, 1.165) is 11.3 Å². The Balaban J connectivity index is 1.55. The highest BCUT2D eigenvalue weighted by atomic mass is 35.5. The van der Waals surface area contributed by atoms with E-state index < -0.39 is 0 Å². The molecule has 4 rings (SSSR count). The number of amides is 2. The van der Waals surface area contributed by atoms with Crippen molar-refractivity contribution in [2.75, 3.05) is 16.0 Å². The lowest BCUT2D eigenvalue weighted by Gasteiger charge is -2.25. The summed E-state index contributed by atoms with van der Waals surface area (Å²) in [5, 5.41) is 3.28. The van der Waals surface area contributed by atoms with E-state index in [1.54, 1.807) is 40.9 Å². The number of halogens is 1. The van der Waals surface area contributed by atoms with Crippen LogP contribution in [0.1, 0.15) is 17.9 Å². The summed E-state index contributed by atoms with van der Waals surface area (Å²) in [4.78, 5) is 25.8. The molecule has 0 bridgehead atoms. The first-order chi connectivity index (χ1) is 14.5. The molecule has 3 aromatic carbocycles. The molecule has 0 saturated carbocycles. The lowest BCUT2D eigenvalue weighted by atomic mass is 10.1. The first kappa shape index (κ1) is 20.3. The molecule has 152 valence electrons. The van der Waals surface area contributed by atoms with Gasteiger partial charge >= 0.3 is 0 Å². The van der Waals surface area contributed by atoms with Gasteiger partial charge in [0.2, 0.25) is 11.8 Å². The number of hydrogen-bond acceptors (Lipinski definition) is 4. The van der Waals surface area contributed by atoms with E-state index in [9.17, 15) is 9.59 Å². The summed E-state index contributed by atoms with van der Waals surface area (Å²) in [5.74, 6) is 1.67. The van der Waals surface area contributed by atoms with E-state index in [0.29, 0.717) is 28.0 Å². The van der Waals surface area contributed by atoms with Gasteiger partial charge in [-0.1, -0.05) is 23.7 Å². The number of thioether (sulfide) groups is 1. The Labute approximate surface area is 184 Å². The Bertz CT molecular complexity index is 1070. The Morgan fingerprint density at radius 2 is 1.73 bits per heavy atom. The maximum absolute atomic E-state index is 12.6. The van der Waals surface area contributed by atoms with Gasteiger partial charge in [-0.25, -0.2) is 0 Å². The molecule has 2 amide bonds. The summed E-state index contributed by atoms with van der Waals surface area (Å²) in [6, 6.07) is 22.1. The first-order valence-corrected chi connectivity index (χ1v) is 10.8. The van der Waals surface area contributed by atoms with Gasteiger partial charge in [0.05, 0.1) is 5.75 Å². The molecule has 1 heterocycles. The first-order valence-electron chi connectivity index (χ1n) is 9.34. The van der Waals surface area contributed by atoms with Gasteiger partial charge in [-0.2, -0.15) is 0 Å². The zero-order valence-corrected chi connectivity index (χ0v) is 17.7. The molecular weight excluding hydrogens is 420 g/mol. The molecule has 7 heteroatoms. The minimum atomic E-state index is -0.158. The number of nitrogens with one attached hydrogen (secondary N) is 1. The Hall–Kier alpha value is -2.96. The van der Waals surface area contributed by atoms with Crippen LogP contribution in [0, 0.1) is 0 Å². The van der Waals surface area contributed by atoms with E-state index in [2.05, 4.69) is 5.32 Å². The van der Waals surface area contributed by atoms with Crippen LogP contribution < -0.4 is 15.0 Å². The summed E-state index contributed by atoms with van der Waals surface area (Å²) < 4.78 is 5.83. The number of anilines is 2.